The summed E-state index contributed by atoms with van der Waals surface area (Å²) >= 11 is 6.17. The van der Waals surface area contributed by atoms with Gasteiger partial charge in [0.15, 0.2) is 11.5 Å². The smallest absolute Gasteiger partial charge is 0.258 e. The molecule has 0 radical (unpaired) electrons. The van der Waals surface area contributed by atoms with Crippen LogP contribution in [0.5, 0.6) is 11.5 Å². The Labute approximate surface area is 233 Å². The highest BCUT2D eigenvalue weighted by Crippen LogP contribution is 2.41. The molecule has 0 saturated carbocycles. The van der Waals surface area contributed by atoms with Gasteiger partial charge < -0.3 is 25.0 Å². The first-order chi connectivity index (χ1) is 18.6. The Morgan fingerprint density at radius 1 is 0.974 bits per heavy atom. The predicted octanol–water partition coefficient (Wildman–Crippen LogP) is 4.37. The van der Waals surface area contributed by atoms with Crippen LogP contribution in [0.15, 0.2) is 60.7 Å². The first-order valence-electron chi connectivity index (χ1n) is 12.4. The van der Waals surface area contributed by atoms with Gasteiger partial charge >= 0.3 is 0 Å². The zero-order valence-electron chi connectivity index (χ0n) is 21.8. The third-order valence-electron chi connectivity index (χ3n) is 6.38. The van der Waals surface area contributed by atoms with E-state index in [1.54, 1.807) is 36.4 Å². The number of hydrogen-bond acceptors (Lipinski definition) is 7. The molecule has 1 amide bonds. The van der Waals surface area contributed by atoms with E-state index in [1.807, 2.05) is 43.3 Å². The van der Waals surface area contributed by atoms with Crippen molar-refractivity contribution in [1.29, 1.82) is 0 Å². The molecule has 0 atom stereocenters. The van der Waals surface area contributed by atoms with Gasteiger partial charge in [-0.25, -0.2) is 8.42 Å². The van der Waals surface area contributed by atoms with Crippen LogP contribution in [0, 0.1) is 0 Å². The number of hydrogen-bond donors (Lipinski definition) is 2. The molecule has 11 heteroatoms. The van der Waals surface area contributed by atoms with Crippen molar-refractivity contribution in [1.82, 2.24) is 4.90 Å². The van der Waals surface area contributed by atoms with Gasteiger partial charge in [-0.2, -0.15) is 0 Å². The molecule has 5 rings (SSSR count). The monoisotopic (exact) mass is 568 g/mol. The number of halogens is 1. The Hall–Kier alpha value is -3.73. The molecular weight excluding hydrogens is 540 g/mol. The quantitative estimate of drug-likeness (QED) is 0.389. The van der Waals surface area contributed by atoms with E-state index in [9.17, 15) is 13.2 Å². The molecule has 3 aromatic carbocycles. The highest BCUT2D eigenvalue weighted by molar-refractivity contribution is 7.92. The van der Waals surface area contributed by atoms with Crippen molar-refractivity contribution in [2.24, 2.45) is 0 Å². The van der Waals surface area contributed by atoms with Crippen LogP contribution in [-0.2, 0) is 14.8 Å². The second kappa shape index (κ2) is 10.8. The lowest BCUT2D eigenvalue weighted by atomic mass is 9.99. The minimum atomic E-state index is -3.47. The van der Waals surface area contributed by atoms with Crippen LogP contribution in [0.25, 0.3) is 11.3 Å². The minimum Gasteiger partial charge on any atom is -0.486 e. The molecule has 0 unspecified atom stereocenters. The molecule has 0 saturated heterocycles. The van der Waals surface area contributed by atoms with Crippen molar-refractivity contribution in [3.8, 4) is 11.5 Å². The topological polar surface area (TPSA) is 100 Å². The molecule has 2 aliphatic heterocycles. The lowest BCUT2D eigenvalue weighted by Gasteiger charge is -2.24. The van der Waals surface area contributed by atoms with E-state index in [0.29, 0.717) is 76.7 Å². The summed E-state index contributed by atoms with van der Waals surface area (Å²) in [6.07, 6.45) is 1.20. The van der Waals surface area contributed by atoms with Crippen molar-refractivity contribution >= 4 is 55.9 Å². The van der Waals surface area contributed by atoms with Gasteiger partial charge in [0.1, 0.15) is 13.2 Å². The van der Waals surface area contributed by atoms with E-state index in [1.165, 1.54) is 10.6 Å². The average molecular weight is 569 g/mol. The fraction of sp³-hybridized carbons (Fsp3) is 0.250. The number of ether oxygens (including phenoxy) is 2. The molecule has 0 fully saturated rings. The molecule has 0 aliphatic carbocycles. The molecule has 2 aliphatic rings. The van der Waals surface area contributed by atoms with Gasteiger partial charge in [-0.3, -0.25) is 9.10 Å². The zero-order valence-corrected chi connectivity index (χ0v) is 23.4. The van der Waals surface area contributed by atoms with Crippen molar-refractivity contribution in [2.45, 2.75) is 0 Å². The average Bonchev–Trinajstić information content (AvgIpc) is 3.21. The maximum atomic E-state index is 13.2. The number of amides is 1. The van der Waals surface area contributed by atoms with Gasteiger partial charge in [-0.1, -0.05) is 17.7 Å². The number of nitrogens with zero attached hydrogens (tertiary/aromatic N) is 2. The van der Waals surface area contributed by atoms with Crippen LogP contribution in [-0.4, -0.2) is 65.9 Å². The maximum Gasteiger partial charge on any atom is 0.258 e. The van der Waals surface area contributed by atoms with Gasteiger partial charge in [-0.05, 0) is 68.7 Å². The highest BCUT2D eigenvalue weighted by Gasteiger charge is 2.29. The Balaban J connectivity index is 1.55. The summed E-state index contributed by atoms with van der Waals surface area (Å²) in [4.78, 5) is 15.2. The van der Waals surface area contributed by atoms with Gasteiger partial charge in [0.05, 0.1) is 28.9 Å². The van der Waals surface area contributed by atoms with Crippen molar-refractivity contribution in [2.75, 3.05) is 61.6 Å². The standard InChI is InChI=1S/C28H29ClN4O5S/c1-32(2)12-13-33(39(3,35)36)21-8-6-20(7-9-21)30-27(18-4-11-24-25(16-18)38-15-14-37-24)26-22-10-5-19(29)17-23(22)31-28(26)34/h4-11,16-17,30H,12-15H2,1-3H3,(H,31,34)/b27-26-. The molecular formula is C28H29ClN4O5S. The highest BCUT2D eigenvalue weighted by atomic mass is 35.5. The van der Waals surface area contributed by atoms with E-state index in [-0.39, 0.29) is 5.91 Å². The summed E-state index contributed by atoms with van der Waals surface area (Å²) in [5.74, 6) is 0.960. The Morgan fingerprint density at radius 2 is 1.69 bits per heavy atom. The third kappa shape index (κ3) is 5.83. The molecule has 204 valence electrons. The van der Waals surface area contributed by atoms with Crippen LogP contribution >= 0.6 is 11.6 Å². The SMILES string of the molecule is CN(C)CCN(c1ccc(N/C(=C2\C(=O)Nc3cc(Cl)ccc32)c2ccc3c(c2)OCCO3)cc1)S(C)(=O)=O. The maximum absolute atomic E-state index is 13.2. The second-order valence-corrected chi connectivity index (χ2v) is 11.9. The summed E-state index contributed by atoms with van der Waals surface area (Å²) in [6.45, 7) is 1.81. The summed E-state index contributed by atoms with van der Waals surface area (Å²) in [5.41, 5.74) is 4.30. The number of rotatable bonds is 8. The molecule has 0 bridgehead atoms. The number of carbonyl (C=O) groups excluding carboxylic acids is 1. The molecule has 2 heterocycles. The van der Waals surface area contributed by atoms with E-state index in [0.717, 1.165) is 5.56 Å². The lowest BCUT2D eigenvalue weighted by Crippen LogP contribution is -2.35. The summed E-state index contributed by atoms with van der Waals surface area (Å²) < 4.78 is 37.8. The molecule has 9 nitrogen and oxygen atoms in total. The first kappa shape index (κ1) is 26.9. The van der Waals surface area contributed by atoms with Crippen LogP contribution in [0.1, 0.15) is 11.1 Å². The number of anilines is 3. The van der Waals surface area contributed by atoms with Gasteiger partial charge in [0, 0.05) is 34.9 Å². The normalized spacial score (nSPS) is 15.6. The van der Waals surface area contributed by atoms with Crippen LogP contribution in [0.3, 0.4) is 0 Å². The predicted molar refractivity (Wildman–Crippen MR) is 155 cm³/mol. The molecule has 0 spiro atoms. The largest absolute Gasteiger partial charge is 0.486 e. The van der Waals surface area contributed by atoms with Crippen molar-refractivity contribution < 1.29 is 22.7 Å². The first-order valence-corrected chi connectivity index (χ1v) is 14.6. The van der Waals surface area contributed by atoms with E-state index < -0.39 is 10.0 Å². The number of benzene rings is 3. The van der Waals surface area contributed by atoms with Crippen molar-refractivity contribution in [3.63, 3.8) is 0 Å². The summed E-state index contributed by atoms with van der Waals surface area (Å²) in [6, 6.07) is 17.9. The van der Waals surface area contributed by atoms with Crippen LogP contribution in [0.4, 0.5) is 17.1 Å². The Kier molecular flexibility index (Phi) is 7.44. The number of carbonyl (C=O) groups is 1. The Morgan fingerprint density at radius 3 is 2.38 bits per heavy atom. The zero-order chi connectivity index (χ0) is 27.7. The van der Waals surface area contributed by atoms with Crippen molar-refractivity contribution in [3.05, 3.63) is 76.8 Å². The van der Waals surface area contributed by atoms with E-state index in [2.05, 4.69) is 10.6 Å². The lowest BCUT2D eigenvalue weighted by molar-refractivity contribution is -0.110. The molecule has 3 aromatic rings. The number of sulfonamides is 1. The summed E-state index contributed by atoms with van der Waals surface area (Å²) in [5, 5.41) is 6.81. The van der Waals surface area contributed by atoms with Crippen LogP contribution < -0.4 is 24.4 Å². The molecule has 39 heavy (non-hydrogen) atoms. The Bertz CT molecular complexity index is 1550. The van der Waals surface area contributed by atoms with Gasteiger partial charge in [0.2, 0.25) is 10.0 Å². The van der Waals surface area contributed by atoms with Gasteiger partial charge in [-0.15, -0.1) is 0 Å². The number of nitrogens with one attached hydrogen (secondary N) is 2. The number of fused-ring (bicyclic) bond motifs is 2. The van der Waals surface area contributed by atoms with E-state index in [4.69, 9.17) is 21.1 Å². The van der Waals surface area contributed by atoms with Crippen LogP contribution in [0.2, 0.25) is 5.02 Å². The minimum absolute atomic E-state index is 0.270. The third-order valence-corrected chi connectivity index (χ3v) is 7.81. The number of likely N-dealkylation sites (N-methyl/N-ethyl adjacent to an activating group) is 1. The second-order valence-electron chi connectivity index (χ2n) is 9.56. The van der Waals surface area contributed by atoms with Gasteiger partial charge in [0.25, 0.3) is 5.91 Å². The fourth-order valence-corrected chi connectivity index (χ4v) is 5.59. The summed E-state index contributed by atoms with van der Waals surface area (Å²) in [7, 11) is 0.318. The fourth-order valence-electron chi connectivity index (χ4n) is 4.50. The van der Waals surface area contributed by atoms with E-state index >= 15 is 0 Å². The molecule has 2 N–H and O–H groups in total. The molecule has 0 aromatic heterocycles.